The lowest BCUT2D eigenvalue weighted by molar-refractivity contribution is 1.41. The Hall–Kier alpha value is -2.08. The molecule has 18 heavy (non-hydrogen) atoms. The van der Waals surface area contributed by atoms with E-state index < -0.39 is 0 Å². The third-order valence-electron chi connectivity index (χ3n) is 3.30. The lowest BCUT2D eigenvalue weighted by atomic mass is 10.0. The second kappa shape index (κ2) is 4.66. The summed E-state index contributed by atoms with van der Waals surface area (Å²) >= 11 is 0. The van der Waals surface area contributed by atoms with Crippen molar-refractivity contribution in [3.8, 4) is 0 Å². The Morgan fingerprint density at radius 2 is 1.50 bits per heavy atom. The van der Waals surface area contributed by atoms with Crippen molar-refractivity contribution >= 4 is 17.2 Å². The van der Waals surface area contributed by atoms with Crippen LogP contribution in [0.25, 0.3) is 17.2 Å². The van der Waals surface area contributed by atoms with Gasteiger partial charge >= 0.3 is 0 Å². The number of rotatable bonds is 2. The molecule has 0 aromatic heterocycles. The number of fused-ring (bicyclic) bond motifs is 1. The van der Waals surface area contributed by atoms with Crippen molar-refractivity contribution in [1.82, 2.24) is 0 Å². The zero-order chi connectivity index (χ0) is 12.4. The van der Waals surface area contributed by atoms with Gasteiger partial charge in [0, 0.05) is 0 Å². The Labute approximate surface area is 108 Å². The highest BCUT2D eigenvalue weighted by molar-refractivity contribution is 6.01. The Morgan fingerprint density at radius 3 is 2.22 bits per heavy atom. The van der Waals surface area contributed by atoms with Crippen LogP contribution in [0.15, 0.2) is 60.7 Å². The normalized spacial score (nSPS) is 15.6. The Balaban J connectivity index is 2.10. The second-order valence-electron chi connectivity index (χ2n) is 4.48. The highest BCUT2D eigenvalue weighted by Gasteiger charge is 2.15. The van der Waals surface area contributed by atoms with Crippen LogP contribution in [0.5, 0.6) is 0 Å². The molecule has 87 valence electrons. The molecule has 0 bridgehead atoms. The van der Waals surface area contributed by atoms with Gasteiger partial charge in [-0.3, -0.25) is 0 Å². The molecular formula is C18H15. The molecule has 0 N–H and O–H groups in total. The predicted molar refractivity (Wildman–Crippen MR) is 78.7 cm³/mol. The van der Waals surface area contributed by atoms with Crippen LogP contribution in [0.3, 0.4) is 0 Å². The first-order chi connectivity index (χ1) is 8.88. The lowest BCUT2D eigenvalue weighted by Gasteiger charge is -2.02. The van der Waals surface area contributed by atoms with Crippen molar-refractivity contribution in [2.45, 2.75) is 6.42 Å². The lowest BCUT2D eigenvalue weighted by Crippen LogP contribution is -1.82. The van der Waals surface area contributed by atoms with Gasteiger partial charge in [0.15, 0.2) is 0 Å². The highest BCUT2D eigenvalue weighted by Crippen LogP contribution is 2.37. The van der Waals surface area contributed by atoms with Gasteiger partial charge in [-0.1, -0.05) is 60.7 Å². The first kappa shape index (κ1) is 11.0. The maximum absolute atomic E-state index is 4.01. The molecule has 0 amide bonds. The molecule has 0 fully saturated rings. The van der Waals surface area contributed by atoms with Crippen LogP contribution in [0, 0.1) is 6.92 Å². The van der Waals surface area contributed by atoms with Gasteiger partial charge in [0.05, 0.1) is 0 Å². The molecule has 1 aliphatic rings. The maximum Gasteiger partial charge on any atom is -0.0108 e. The van der Waals surface area contributed by atoms with Gasteiger partial charge < -0.3 is 0 Å². The summed E-state index contributed by atoms with van der Waals surface area (Å²) in [5.74, 6) is 0. The highest BCUT2D eigenvalue weighted by atomic mass is 14.2. The van der Waals surface area contributed by atoms with Crippen molar-refractivity contribution < 1.29 is 0 Å². The SMILES string of the molecule is [CH2]CC1=CC(=Cc2ccccc2)c2ccccc21. The van der Waals surface area contributed by atoms with E-state index in [4.69, 9.17) is 0 Å². The molecule has 0 spiro atoms. The molecule has 0 aliphatic heterocycles. The van der Waals surface area contributed by atoms with Crippen LogP contribution < -0.4 is 0 Å². The summed E-state index contributed by atoms with van der Waals surface area (Å²) in [7, 11) is 0. The zero-order valence-electron chi connectivity index (χ0n) is 10.3. The predicted octanol–water partition coefficient (Wildman–Crippen LogP) is 4.85. The van der Waals surface area contributed by atoms with E-state index in [9.17, 15) is 0 Å². The van der Waals surface area contributed by atoms with E-state index in [0.717, 1.165) is 6.42 Å². The standard InChI is InChI=1S/C18H15/c1-2-15-13-16(12-14-8-4-3-5-9-14)18-11-7-6-10-17(15)18/h3-13H,1-2H2. The summed E-state index contributed by atoms with van der Waals surface area (Å²) in [6.45, 7) is 4.01. The number of hydrogen-bond donors (Lipinski definition) is 0. The summed E-state index contributed by atoms with van der Waals surface area (Å²) in [6.07, 6.45) is 5.33. The van der Waals surface area contributed by atoms with Crippen molar-refractivity contribution in [2.75, 3.05) is 0 Å². The second-order valence-corrected chi connectivity index (χ2v) is 4.48. The van der Waals surface area contributed by atoms with Crippen LogP contribution >= 0.6 is 0 Å². The molecule has 0 nitrogen and oxygen atoms in total. The van der Waals surface area contributed by atoms with Gasteiger partial charge in [-0.15, -0.1) is 0 Å². The monoisotopic (exact) mass is 231 g/mol. The number of hydrogen-bond acceptors (Lipinski definition) is 0. The summed E-state index contributed by atoms with van der Waals surface area (Å²) in [6, 6.07) is 19.0. The molecule has 0 saturated heterocycles. The fraction of sp³-hybridized carbons (Fsp3) is 0.0556. The van der Waals surface area contributed by atoms with Crippen LogP contribution in [-0.2, 0) is 0 Å². The zero-order valence-corrected chi connectivity index (χ0v) is 10.3. The third kappa shape index (κ3) is 1.91. The average molecular weight is 231 g/mol. The topological polar surface area (TPSA) is 0 Å². The maximum atomic E-state index is 4.01. The first-order valence-corrected chi connectivity index (χ1v) is 6.25. The molecule has 1 aliphatic carbocycles. The van der Waals surface area contributed by atoms with E-state index in [-0.39, 0.29) is 0 Å². The molecule has 0 saturated carbocycles. The van der Waals surface area contributed by atoms with E-state index in [0.29, 0.717) is 0 Å². The molecule has 0 atom stereocenters. The van der Waals surface area contributed by atoms with E-state index in [2.05, 4.69) is 67.6 Å². The van der Waals surface area contributed by atoms with Crippen LogP contribution in [0.2, 0.25) is 0 Å². The molecule has 0 unspecified atom stereocenters. The Bertz CT molecular complexity index is 615. The fourth-order valence-corrected chi connectivity index (χ4v) is 2.41. The van der Waals surface area contributed by atoms with Crippen molar-refractivity contribution in [3.63, 3.8) is 0 Å². The molecule has 2 aromatic carbocycles. The summed E-state index contributed by atoms with van der Waals surface area (Å²) in [5.41, 5.74) is 6.50. The van der Waals surface area contributed by atoms with Gasteiger partial charge in [-0.2, -0.15) is 0 Å². The summed E-state index contributed by atoms with van der Waals surface area (Å²) in [4.78, 5) is 0. The molecule has 3 rings (SSSR count). The van der Waals surface area contributed by atoms with E-state index >= 15 is 0 Å². The fourth-order valence-electron chi connectivity index (χ4n) is 2.41. The molecular weight excluding hydrogens is 216 g/mol. The number of benzene rings is 2. The largest absolute Gasteiger partial charge is 0.0622 e. The molecule has 2 aromatic rings. The minimum Gasteiger partial charge on any atom is -0.0622 e. The molecule has 0 heterocycles. The molecule has 0 heteroatoms. The number of allylic oxidation sites excluding steroid dienone is 3. The average Bonchev–Trinajstić information content (AvgIpc) is 2.78. The third-order valence-corrected chi connectivity index (χ3v) is 3.30. The van der Waals surface area contributed by atoms with Crippen molar-refractivity contribution in [2.24, 2.45) is 0 Å². The Kier molecular flexibility index (Phi) is 2.85. The van der Waals surface area contributed by atoms with Gasteiger partial charge in [-0.25, -0.2) is 0 Å². The van der Waals surface area contributed by atoms with E-state index in [1.807, 2.05) is 6.07 Å². The van der Waals surface area contributed by atoms with Crippen LogP contribution in [-0.4, -0.2) is 0 Å². The van der Waals surface area contributed by atoms with Gasteiger partial charge in [0.1, 0.15) is 0 Å². The van der Waals surface area contributed by atoms with Gasteiger partial charge in [-0.05, 0) is 47.3 Å². The Morgan fingerprint density at radius 1 is 0.833 bits per heavy atom. The van der Waals surface area contributed by atoms with Gasteiger partial charge in [0.2, 0.25) is 0 Å². The summed E-state index contributed by atoms with van der Waals surface area (Å²) in [5, 5.41) is 0. The van der Waals surface area contributed by atoms with Gasteiger partial charge in [0.25, 0.3) is 0 Å². The van der Waals surface area contributed by atoms with Crippen LogP contribution in [0.4, 0.5) is 0 Å². The molecule has 1 radical (unpaired) electrons. The van der Waals surface area contributed by atoms with Crippen molar-refractivity contribution in [3.05, 3.63) is 84.3 Å². The van der Waals surface area contributed by atoms with Crippen molar-refractivity contribution in [1.29, 1.82) is 0 Å². The minimum absolute atomic E-state index is 0.836. The quantitative estimate of drug-likeness (QED) is 0.693. The van der Waals surface area contributed by atoms with E-state index in [1.54, 1.807) is 0 Å². The van der Waals surface area contributed by atoms with E-state index in [1.165, 1.54) is 27.8 Å². The van der Waals surface area contributed by atoms with Crippen LogP contribution in [0.1, 0.15) is 23.1 Å². The summed E-state index contributed by atoms with van der Waals surface area (Å²) < 4.78 is 0. The first-order valence-electron chi connectivity index (χ1n) is 6.25. The minimum atomic E-state index is 0.836. The smallest absolute Gasteiger partial charge is 0.0108 e.